The van der Waals surface area contributed by atoms with E-state index in [1.807, 2.05) is 6.07 Å². The molecule has 0 saturated carbocycles. The van der Waals surface area contributed by atoms with Crippen molar-refractivity contribution in [1.82, 2.24) is 10.6 Å². The quantitative estimate of drug-likeness (QED) is 0.366. The van der Waals surface area contributed by atoms with Crippen LogP contribution in [0.3, 0.4) is 0 Å². The summed E-state index contributed by atoms with van der Waals surface area (Å²) in [6, 6.07) is 19.4. The molecule has 2 atom stereocenters. The molecule has 0 bridgehead atoms. The molecule has 5 nitrogen and oxygen atoms in total. The Morgan fingerprint density at radius 3 is 2.72 bits per heavy atom. The van der Waals surface area contributed by atoms with Gasteiger partial charge in [0.15, 0.2) is 5.96 Å². The van der Waals surface area contributed by atoms with Gasteiger partial charge in [-0.3, -0.25) is 4.99 Å². The van der Waals surface area contributed by atoms with Crippen molar-refractivity contribution in [2.45, 2.75) is 31.7 Å². The lowest BCUT2D eigenvalue weighted by Crippen LogP contribution is -2.44. The lowest BCUT2D eigenvalue weighted by Gasteiger charge is -2.25. The van der Waals surface area contributed by atoms with E-state index in [9.17, 15) is 0 Å². The first-order valence-electron chi connectivity index (χ1n) is 10.4. The molecule has 4 rings (SSSR count). The van der Waals surface area contributed by atoms with Gasteiger partial charge in [-0.25, -0.2) is 0 Å². The summed E-state index contributed by atoms with van der Waals surface area (Å²) in [5.74, 6) is 2.36. The van der Waals surface area contributed by atoms with Gasteiger partial charge in [-0.05, 0) is 43.5 Å². The van der Waals surface area contributed by atoms with Gasteiger partial charge in [0.1, 0.15) is 5.75 Å². The number of fused-ring (bicyclic) bond motifs is 1. The first-order chi connectivity index (χ1) is 13.8. The summed E-state index contributed by atoms with van der Waals surface area (Å²) in [7, 11) is 0. The van der Waals surface area contributed by atoms with Crippen LogP contribution in [0.1, 0.15) is 31.2 Å². The molecule has 0 aromatic heterocycles. The second kappa shape index (κ2) is 10.7. The van der Waals surface area contributed by atoms with Gasteiger partial charge >= 0.3 is 0 Å². The molecule has 0 aliphatic carbocycles. The number of para-hydroxylation sites is 2. The maximum Gasteiger partial charge on any atom is 0.191 e. The van der Waals surface area contributed by atoms with Crippen LogP contribution >= 0.6 is 24.0 Å². The summed E-state index contributed by atoms with van der Waals surface area (Å²) in [4.78, 5) is 7.36. The van der Waals surface area contributed by atoms with Gasteiger partial charge in [-0.15, -0.1) is 24.0 Å². The van der Waals surface area contributed by atoms with Crippen LogP contribution < -0.4 is 20.3 Å². The van der Waals surface area contributed by atoms with E-state index in [-0.39, 0.29) is 24.0 Å². The highest BCUT2D eigenvalue weighted by Crippen LogP contribution is 2.33. The second-order valence-electron chi connectivity index (χ2n) is 7.50. The van der Waals surface area contributed by atoms with Crippen molar-refractivity contribution >= 4 is 35.6 Å². The van der Waals surface area contributed by atoms with Gasteiger partial charge in [0.25, 0.3) is 0 Å². The van der Waals surface area contributed by atoms with Gasteiger partial charge in [0.2, 0.25) is 0 Å². The van der Waals surface area contributed by atoms with Crippen molar-refractivity contribution in [3.8, 4) is 5.75 Å². The Bertz CT molecular complexity index is 798. The molecular formula is C23H31IN4O. The molecule has 1 fully saturated rings. The molecule has 29 heavy (non-hydrogen) atoms. The topological polar surface area (TPSA) is 48.9 Å². The smallest absolute Gasteiger partial charge is 0.191 e. The van der Waals surface area contributed by atoms with E-state index in [1.54, 1.807) is 0 Å². The Balaban J connectivity index is 0.00000240. The van der Waals surface area contributed by atoms with Crippen molar-refractivity contribution in [2.24, 2.45) is 4.99 Å². The number of rotatable bonds is 5. The molecule has 2 heterocycles. The molecule has 2 aromatic rings. The Morgan fingerprint density at radius 2 is 1.90 bits per heavy atom. The van der Waals surface area contributed by atoms with Gasteiger partial charge in [0, 0.05) is 43.8 Å². The van der Waals surface area contributed by atoms with Crippen LogP contribution in [0.4, 0.5) is 5.69 Å². The maximum atomic E-state index is 5.78. The fourth-order valence-electron chi connectivity index (χ4n) is 4.07. The van der Waals surface area contributed by atoms with E-state index in [4.69, 9.17) is 9.73 Å². The summed E-state index contributed by atoms with van der Waals surface area (Å²) in [6.07, 6.45) is 2.14. The number of halogens is 1. The Morgan fingerprint density at radius 1 is 1.10 bits per heavy atom. The number of nitrogens with zero attached hydrogens (tertiary/aromatic N) is 2. The minimum absolute atomic E-state index is 0. The van der Waals surface area contributed by atoms with Crippen molar-refractivity contribution in [3.63, 3.8) is 0 Å². The molecule has 0 amide bonds. The molecular weight excluding hydrogens is 475 g/mol. The number of benzene rings is 2. The van der Waals surface area contributed by atoms with Gasteiger partial charge in [-0.1, -0.05) is 36.4 Å². The van der Waals surface area contributed by atoms with Crippen molar-refractivity contribution in [2.75, 3.05) is 37.7 Å². The molecule has 2 aliphatic heterocycles. The SMILES string of the molecule is CCNC(=NCC1CCOc2ccccc21)NC1CCN(c2ccccc2)C1.I. The number of hydrogen-bond donors (Lipinski definition) is 2. The fraction of sp³-hybridized carbons (Fsp3) is 0.435. The second-order valence-corrected chi connectivity index (χ2v) is 7.50. The maximum absolute atomic E-state index is 5.78. The summed E-state index contributed by atoms with van der Waals surface area (Å²) in [6.45, 7) is 6.63. The zero-order valence-electron chi connectivity index (χ0n) is 17.0. The molecule has 156 valence electrons. The van der Waals surface area contributed by atoms with Crippen LogP contribution in [0.25, 0.3) is 0 Å². The Hall–Kier alpha value is -1.96. The lowest BCUT2D eigenvalue weighted by atomic mass is 9.93. The number of anilines is 1. The average Bonchev–Trinajstić information content (AvgIpc) is 3.21. The largest absolute Gasteiger partial charge is 0.493 e. The van der Waals surface area contributed by atoms with E-state index in [2.05, 4.69) is 71.0 Å². The van der Waals surface area contributed by atoms with E-state index < -0.39 is 0 Å². The van der Waals surface area contributed by atoms with Crippen LogP contribution in [0.2, 0.25) is 0 Å². The predicted octanol–water partition coefficient (Wildman–Crippen LogP) is 4.00. The third kappa shape index (κ3) is 5.56. The minimum Gasteiger partial charge on any atom is -0.493 e. The van der Waals surface area contributed by atoms with E-state index in [0.717, 1.165) is 57.3 Å². The molecule has 0 radical (unpaired) electrons. The summed E-state index contributed by atoms with van der Waals surface area (Å²) in [5, 5.41) is 7.06. The molecule has 2 aromatic carbocycles. The van der Waals surface area contributed by atoms with Gasteiger partial charge in [-0.2, -0.15) is 0 Å². The van der Waals surface area contributed by atoms with E-state index in [1.165, 1.54) is 11.3 Å². The molecule has 2 N–H and O–H groups in total. The fourth-order valence-corrected chi connectivity index (χ4v) is 4.07. The molecule has 6 heteroatoms. The standard InChI is InChI=1S/C23H30N4O.HI/c1-2-24-23(25-16-18-13-15-28-22-11-7-6-10-21(18)22)26-19-12-14-27(17-19)20-8-4-3-5-9-20;/h3-11,18-19H,2,12-17H2,1H3,(H2,24,25,26);1H. The Labute approximate surface area is 191 Å². The highest BCUT2D eigenvalue weighted by Gasteiger charge is 2.24. The van der Waals surface area contributed by atoms with Crippen molar-refractivity contribution in [3.05, 3.63) is 60.2 Å². The summed E-state index contributed by atoms with van der Waals surface area (Å²) >= 11 is 0. The average molecular weight is 506 g/mol. The van der Waals surface area contributed by atoms with E-state index in [0.29, 0.717) is 12.0 Å². The first-order valence-corrected chi connectivity index (χ1v) is 10.4. The van der Waals surface area contributed by atoms with Gasteiger partial charge in [0.05, 0.1) is 6.61 Å². The number of guanidine groups is 1. The molecule has 2 unspecified atom stereocenters. The summed E-state index contributed by atoms with van der Waals surface area (Å²) in [5.41, 5.74) is 2.58. The van der Waals surface area contributed by atoms with Crippen LogP contribution in [0, 0.1) is 0 Å². The number of aliphatic imine (C=N–C) groups is 1. The van der Waals surface area contributed by atoms with Crippen molar-refractivity contribution < 1.29 is 4.74 Å². The monoisotopic (exact) mass is 506 g/mol. The molecule has 0 spiro atoms. The predicted molar refractivity (Wildman–Crippen MR) is 131 cm³/mol. The minimum atomic E-state index is 0. The number of ether oxygens (including phenoxy) is 1. The summed E-state index contributed by atoms with van der Waals surface area (Å²) < 4.78 is 5.78. The zero-order chi connectivity index (χ0) is 19.2. The van der Waals surface area contributed by atoms with E-state index >= 15 is 0 Å². The van der Waals surface area contributed by atoms with Crippen LogP contribution in [0.5, 0.6) is 5.75 Å². The van der Waals surface area contributed by atoms with Crippen LogP contribution in [0.15, 0.2) is 59.6 Å². The first kappa shape index (κ1) is 21.7. The normalized spacial score (nSPS) is 21.0. The van der Waals surface area contributed by atoms with Crippen molar-refractivity contribution in [1.29, 1.82) is 0 Å². The molecule has 1 saturated heterocycles. The van der Waals surface area contributed by atoms with Crippen LogP contribution in [-0.4, -0.2) is 44.8 Å². The third-order valence-electron chi connectivity index (χ3n) is 5.55. The van der Waals surface area contributed by atoms with Crippen LogP contribution in [-0.2, 0) is 0 Å². The number of nitrogens with one attached hydrogen (secondary N) is 2. The zero-order valence-corrected chi connectivity index (χ0v) is 19.3. The highest BCUT2D eigenvalue weighted by molar-refractivity contribution is 14.0. The molecule has 2 aliphatic rings. The highest BCUT2D eigenvalue weighted by atomic mass is 127. The Kier molecular flexibility index (Phi) is 8.03. The number of hydrogen-bond acceptors (Lipinski definition) is 3. The lowest BCUT2D eigenvalue weighted by molar-refractivity contribution is 0.269. The van der Waals surface area contributed by atoms with Gasteiger partial charge < -0.3 is 20.3 Å². The third-order valence-corrected chi connectivity index (χ3v) is 5.55.